The summed E-state index contributed by atoms with van der Waals surface area (Å²) in [4.78, 5) is 11.6. The van der Waals surface area contributed by atoms with Gasteiger partial charge in [-0.15, -0.1) is 0 Å². The van der Waals surface area contributed by atoms with Gasteiger partial charge in [0.25, 0.3) is 0 Å². The Bertz CT molecular complexity index is 188. The summed E-state index contributed by atoms with van der Waals surface area (Å²) in [5.74, 6) is 0.919. The molecule has 16 heavy (non-hydrogen) atoms. The molecular formula is C13H26N2O. The molecule has 3 nitrogen and oxygen atoms in total. The van der Waals surface area contributed by atoms with E-state index in [4.69, 9.17) is 5.73 Å². The maximum Gasteiger partial charge on any atom is 0.220 e. The fourth-order valence-electron chi connectivity index (χ4n) is 2.40. The third-order valence-electron chi connectivity index (χ3n) is 3.40. The minimum absolute atomic E-state index is 0.255. The molecule has 0 unspecified atom stereocenters. The zero-order valence-corrected chi connectivity index (χ0v) is 10.3. The van der Waals surface area contributed by atoms with Crippen molar-refractivity contribution in [3.05, 3.63) is 0 Å². The lowest BCUT2D eigenvalue weighted by Crippen LogP contribution is -2.26. The van der Waals surface area contributed by atoms with E-state index in [-0.39, 0.29) is 5.91 Å². The van der Waals surface area contributed by atoms with Gasteiger partial charge in [0.2, 0.25) is 5.91 Å². The number of nitrogens with two attached hydrogens (primary N) is 1. The summed E-state index contributed by atoms with van der Waals surface area (Å²) in [6.45, 7) is 1.63. The Morgan fingerprint density at radius 3 is 2.50 bits per heavy atom. The SMILES string of the molecule is NCCCCCCNC(=O)CC1CCCC1. The van der Waals surface area contributed by atoms with Crippen molar-refractivity contribution in [2.45, 2.75) is 57.8 Å². The van der Waals surface area contributed by atoms with Crippen LogP contribution in [0.5, 0.6) is 0 Å². The van der Waals surface area contributed by atoms with Gasteiger partial charge in [-0.2, -0.15) is 0 Å². The maximum absolute atomic E-state index is 11.6. The predicted octanol–water partition coefficient (Wildman–Crippen LogP) is 2.20. The van der Waals surface area contributed by atoms with Gasteiger partial charge in [0.1, 0.15) is 0 Å². The van der Waals surface area contributed by atoms with Crippen molar-refractivity contribution in [1.29, 1.82) is 0 Å². The molecule has 1 amide bonds. The lowest BCUT2D eigenvalue weighted by Gasteiger charge is -2.09. The lowest BCUT2D eigenvalue weighted by molar-refractivity contribution is -0.121. The minimum Gasteiger partial charge on any atom is -0.356 e. The molecule has 3 heteroatoms. The topological polar surface area (TPSA) is 55.1 Å². The molecule has 0 heterocycles. The number of rotatable bonds is 8. The molecule has 1 aliphatic rings. The molecular weight excluding hydrogens is 200 g/mol. The summed E-state index contributed by atoms with van der Waals surface area (Å²) < 4.78 is 0. The van der Waals surface area contributed by atoms with Gasteiger partial charge in [-0.05, 0) is 38.1 Å². The van der Waals surface area contributed by atoms with Gasteiger partial charge >= 0.3 is 0 Å². The number of hydrogen-bond acceptors (Lipinski definition) is 2. The molecule has 0 atom stereocenters. The van der Waals surface area contributed by atoms with Crippen LogP contribution < -0.4 is 11.1 Å². The second kappa shape index (κ2) is 8.57. The molecule has 1 aliphatic carbocycles. The summed E-state index contributed by atoms with van der Waals surface area (Å²) in [6.07, 6.45) is 10.5. The van der Waals surface area contributed by atoms with Crippen LogP contribution in [0.4, 0.5) is 0 Å². The molecule has 0 aromatic carbocycles. The Hall–Kier alpha value is -0.570. The summed E-state index contributed by atoms with van der Waals surface area (Å²) in [7, 11) is 0. The van der Waals surface area contributed by atoms with Crippen molar-refractivity contribution in [2.24, 2.45) is 11.7 Å². The smallest absolute Gasteiger partial charge is 0.220 e. The average Bonchev–Trinajstić information content (AvgIpc) is 2.76. The zero-order valence-electron chi connectivity index (χ0n) is 10.3. The lowest BCUT2D eigenvalue weighted by atomic mass is 10.0. The van der Waals surface area contributed by atoms with Gasteiger partial charge in [0.15, 0.2) is 0 Å². The summed E-state index contributed by atoms with van der Waals surface area (Å²) in [6, 6.07) is 0. The van der Waals surface area contributed by atoms with Crippen molar-refractivity contribution >= 4 is 5.91 Å². The molecule has 1 fully saturated rings. The van der Waals surface area contributed by atoms with E-state index < -0.39 is 0 Å². The third-order valence-corrected chi connectivity index (χ3v) is 3.40. The van der Waals surface area contributed by atoms with Gasteiger partial charge in [0, 0.05) is 13.0 Å². The number of nitrogens with one attached hydrogen (secondary N) is 1. The first kappa shape index (κ1) is 13.5. The highest BCUT2D eigenvalue weighted by atomic mass is 16.1. The highest BCUT2D eigenvalue weighted by Crippen LogP contribution is 2.27. The average molecular weight is 226 g/mol. The largest absolute Gasteiger partial charge is 0.356 e. The minimum atomic E-state index is 0.255. The fraction of sp³-hybridized carbons (Fsp3) is 0.923. The molecule has 94 valence electrons. The molecule has 0 saturated heterocycles. The summed E-state index contributed by atoms with van der Waals surface area (Å²) in [5, 5.41) is 3.02. The van der Waals surface area contributed by atoms with Crippen molar-refractivity contribution in [2.75, 3.05) is 13.1 Å². The number of carbonyl (C=O) groups is 1. The quantitative estimate of drug-likeness (QED) is 0.623. The molecule has 0 aliphatic heterocycles. The first-order valence-corrected chi connectivity index (χ1v) is 6.79. The maximum atomic E-state index is 11.6. The van der Waals surface area contributed by atoms with Gasteiger partial charge < -0.3 is 11.1 Å². The Kier molecular flexibility index (Phi) is 7.23. The van der Waals surface area contributed by atoms with Crippen molar-refractivity contribution in [1.82, 2.24) is 5.32 Å². The molecule has 0 aromatic rings. The van der Waals surface area contributed by atoms with Crippen LogP contribution >= 0.6 is 0 Å². The second-order valence-electron chi connectivity index (χ2n) is 4.91. The van der Waals surface area contributed by atoms with Crippen molar-refractivity contribution < 1.29 is 4.79 Å². The number of hydrogen-bond donors (Lipinski definition) is 2. The number of carbonyl (C=O) groups excluding carboxylic acids is 1. The van der Waals surface area contributed by atoms with Gasteiger partial charge in [-0.25, -0.2) is 0 Å². The standard InChI is InChI=1S/C13H26N2O/c14-9-5-1-2-6-10-15-13(16)11-12-7-3-4-8-12/h12H,1-11,14H2,(H,15,16). The zero-order chi connectivity index (χ0) is 11.6. The Morgan fingerprint density at radius 1 is 1.12 bits per heavy atom. The highest BCUT2D eigenvalue weighted by molar-refractivity contribution is 5.76. The fourth-order valence-corrected chi connectivity index (χ4v) is 2.40. The van der Waals surface area contributed by atoms with Gasteiger partial charge in [-0.3, -0.25) is 4.79 Å². The van der Waals surface area contributed by atoms with Crippen LogP contribution in [0.25, 0.3) is 0 Å². The van der Waals surface area contributed by atoms with Crippen LogP contribution in [-0.2, 0) is 4.79 Å². The van der Waals surface area contributed by atoms with Crippen LogP contribution in [0.1, 0.15) is 57.8 Å². The third kappa shape index (κ3) is 6.11. The molecule has 1 rings (SSSR count). The van der Waals surface area contributed by atoms with E-state index in [9.17, 15) is 4.79 Å². The molecule has 3 N–H and O–H groups in total. The van der Waals surface area contributed by atoms with E-state index in [1.165, 1.54) is 38.5 Å². The summed E-state index contributed by atoms with van der Waals surface area (Å²) >= 11 is 0. The van der Waals surface area contributed by atoms with Crippen LogP contribution in [0, 0.1) is 5.92 Å². The Balaban J connectivity index is 1.89. The Labute approximate surface area is 99.2 Å². The molecule has 0 spiro atoms. The molecule has 0 radical (unpaired) electrons. The number of unbranched alkanes of at least 4 members (excludes halogenated alkanes) is 3. The number of amides is 1. The van der Waals surface area contributed by atoms with E-state index in [0.717, 1.165) is 32.4 Å². The van der Waals surface area contributed by atoms with E-state index >= 15 is 0 Å². The molecule has 0 aromatic heterocycles. The normalized spacial score (nSPS) is 16.6. The van der Waals surface area contributed by atoms with Crippen LogP contribution in [0.3, 0.4) is 0 Å². The molecule has 1 saturated carbocycles. The first-order valence-electron chi connectivity index (χ1n) is 6.79. The monoisotopic (exact) mass is 226 g/mol. The molecule has 0 bridgehead atoms. The van der Waals surface area contributed by atoms with E-state index in [1.54, 1.807) is 0 Å². The van der Waals surface area contributed by atoms with Gasteiger partial charge in [0.05, 0.1) is 0 Å². The van der Waals surface area contributed by atoms with Crippen molar-refractivity contribution in [3.63, 3.8) is 0 Å². The Morgan fingerprint density at radius 2 is 1.81 bits per heavy atom. The first-order chi connectivity index (χ1) is 7.83. The second-order valence-corrected chi connectivity index (χ2v) is 4.91. The predicted molar refractivity (Wildman–Crippen MR) is 67.1 cm³/mol. The van der Waals surface area contributed by atoms with Crippen LogP contribution in [-0.4, -0.2) is 19.0 Å². The van der Waals surface area contributed by atoms with E-state index in [0.29, 0.717) is 5.92 Å². The highest BCUT2D eigenvalue weighted by Gasteiger charge is 2.17. The van der Waals surface area contributed by atoms with E-state index in [2.05, 4.69) is 5.32 Å². The van der Waals surface area contributed by atoms with Crippen LogP contribution in [0.2, 0.25) is 0 Å². The van der Waals surface area contributed by atoms with Gasteiger partial charge in [-0.1, -0.05) is 25.7 Å². The van der Waals surface area contributed by atoms with Crippen LogP contribution in [0.15, 0.2) is 0 Å². The van der Waals surface area contributed by atoms with E-state index in [1.807, 2.05) is 0 Å². The summed E-state index contributed by atoms with van der Waals surface area (Å²) in [5.41, 5.74) is 5.41. The van der Waals surface area contributed by atoms with Crippen molar-refractivity contribution in [3.8, 4) is 0 Å².